The molecule has 2 aliphatic heterocycles. The number of hydrogen-bond acceptors (Lipinski definition) is 4. The number of ether oxygens (including phenoxy) is 1. The molecule has 152 valence electrons. The number of aryl methyl sites for hydroxylation is 1. The van der Waals surface area contributed by atoms with E-state index >= 15 is 0 Å². The van der Waals surface area contributed by atoms with Crippen molar-refractivity contribution in [1.82, 2.24) is 14.7 Å². The van der Waals surface area contributed by atoms with Gasteiger partial charge >= 0.3 is 6.03 Å². The van der Waals surface area contributed by atoms with E-state index in [-0.39, 0.29) is 36.3 Å². The van der Waals surface area contributed by atoms with E-state index < -0.39 is 6.04 Å². The molecule has 0 saturated carbocycles. The number of hydrogen-bond donors (Lipinski definition) is 0. The van der Waals surface area contributed by atoms with E-state index in [1.165, 1.54) is 12.0 Å². The summed E-state index contributed by atoms with van der Waals surface area (Å²) >= 11 is 0. The van der Waals surface area contributed by atoms with Gasteiger partial charge in [-0.15, -0.1) is 0 Å². The lowest BCUT2D eigenvalue weighted by atomic mass is 9.92. The van der Waals surface area contributed by atoms with Gasteiger partial charge in [-0.25, -0.2) is 4.79 Å². The number of imide groups is 1. The number of benzene rings is 1. The lowest BCUT2D eigenvalue weighted by Gasteiger charge is -2.30. The van der Waals surface area contributed by atoms with Crippen molar-refractivity contribution >= 4 is 17.8 Å². The van der Waals surface area contributed by atoms with Gasteiger partial charge in [-0.1, -0.05) is 43.7 Å². The quantitative estimate of drug-likeness (QED) is 0.721. The first kappa shape index (κ1) is 20.3. The van der Waals surface area contributed by atoms with Gasteiger partial charge in [0, 0.05) is 25.6 Å². The monoisotopic (exact) mass is 387 g/mol. The summed E-state index contributed by atoms with van der Waals surface area (Å²) in [6.45, 7) is 7.80. The van der Waals surface area contributed by atoms with Crippen molar-refractivity contribution in [3.05, 3.63) is 35.4 Å². The number of urea groups is 1. The second-order valence-corrected chi connectivity index (χ2v) is 8.51. The zero-order chi connectivity index (χ0) is 20.5. The summed E-state index contributed by atoms with van der Waals surface area (Å²) in [5, 5.41) is 0. The highest BCUT2D eigenvalue weighted by Gasteiger charge is 2.49. The van der Waals surface area contributed by atoms with E-state index in [0.29, 0.717) is 26.1 Å². The van der Waals surface area contributed by atoms with Crippen LogP contribution in [0.4, 0.5) is 4.79 Å². The van der Waals surface area contributed by atoms with Gasteiger partial charge in [-0.3, -0.25) is 14.5 Å². The maximum Gasteiger partial charge on any atom is 0.327 e. The second kappa shape index (κ2) is 7.91. The molecular weight excluding hydrogens is 358 g/mol. The standard InChI is InChI=1S/C21H29N3O4/c1-15-5-7-16(8-6-15)11-18(25)22-12-17-19(26)23(9-10-28-4)20(27)24(17)14-21(2,3)13-22/h5-8,17H,9-14H2,1-4H3. The van der Waals surface area contributed by atoms with Crippen LogP contribution in [0.1, 0.15) is 25.0 Å². The minimum Gasteiger partial charge on any atom is -0.383 e. The average Bonchev–Trinajstić information content (AvgIpc) is 2.77. The summed E-state index contributed by atoms with van der Waals surface area (Å²) in [5.74, 6) is -0.262. The van der Waals surface area contributed by atoms with Crippen LogP contribution in [0.15, 0.2) is 24.3 Å². The number of fused-ring (bicyclic) bond motifs is 1. The zero-order valence-corrected chi connectivity index (χ0v) is 17.1. The van der Waals surface area contributed by atoms with E-state index in [2.05, 4.69) is 0 Å². The molecule has 0 aromatic heterocycles. The van der Waals surface area contributed by atoms with Crippen LogP contribution in [0.2, 0.25) is 0 Å². The van der Waals surface area contributed by atoms with Crippen molar-refractivity contribution in [3.8, 4) is 0 Å². The van der Waals surface area contributed by atoms with Crippen molar-refractivity contribution in [2.75, 3.05) is 39.9 Å². The lowest BCUT2D eigenvalue weighted by molar-refractivity contribution is -0.133. The van der Waals surface area contributed by atoms with Crippen LogP contribution in [0.3, 0.4) is 0 Å². The Bertz CT molecular complexity index is 759. The first-order valence-corrected chi connectivity index (χ1v) is 9.66. The van der Waals surface area contributed by atoms with Crippen molar-refractivity contribution < 1.29 is 19.1 Å². The Morgan fingerprint density at radius 3 is 2.50 bits per heavy atom. The van der Waals surface area contributed by atoms with Gasteiger partial charge in [0.2, 0.25) is 5.91 Å². The molecule has 7 nitrogen and oxygen atoms in total. The Labute approximate surface area is 166 Å². The molecule has 3 rings (SSSR count). The van der Waals surface area contributed by atoms with E-state index in [0.717, 1.165) is 11.1 Å². The Balaban J connectivity index is 1.79. The Morgan fingerprint density at radius 2 is 1.86 bits per heavy atom. The maximum atomic E-state index is 13.0. The Kier molecular flexibility index (Phi) is 5.74. The average molecular weight is 387 g/mol. The van der Waals surface area contributed by atoms with Crippen LogP contribution < -0.4 is 0 Å². The molecule has 1 aromatic rings. The number of carbonyl (C=O) groups is 3. The largest absolute Gasteiger partial charge is 0.383 e. The van der Waals surface area contributed by atoms with Crippen molar-refractivity contribution in [3.63, 3.8) is 0 Å². The van der Waals surface area contributed by atoms with Crippen LogP contribution in [-0.4, -0.2) is 78.5 Å². The van der Waals surface area contributed by atoms with Gasteiger partial charge in [0.25, 0.3) is 5.91 Å². The van der Waals surface area contributed by atoms with Gasteiger partial charge in [0.15, 0.2) is 0 Å². The minimum absolute atomic E-state index is 0.0191. The molecular formula is C21H29N3O4. The molecule has 0 spiro atoms. The molecule has 2 heterocycles. The predicted octanol–water partition coefficient (Wildman–Crippen LogP) is 1.69. The molecule has 1 aromatic carbocycles. The molecule has 2 fully saturated rings. The molecule has 4 amide bonds. The van der Waals surface area contributed by atoms with Crippen molar-refractivity contribution in [2.45, 2.75) is 33.2 Å². The zero-order valence-electron chi connectivity index (χ0n) is 17.1. The number of rotatable bonds is 5. The Hall–Kier alpha value is -2.41. The molecule has 28 heavy (non-hydrogen) atoms. The molecule has 7 heteroatoms. The number of amides is 4. The summed E-state index contributed by atoms with van der Waals surface area (Å²) in [5.41, 5.74) is 1.80. The minimum atomic E-state index is -0.618. The molecule has 0 radical (unpaired) electrons. The molecule has 0 aliphatic carbocycles. The smallest absolute Gasteiger partial charge is 0.327 e. The third kappa shape index (κ3) is 4.19. The third-order valence-corrected chi connectivity index (χ3v) is 5.36. The highest BCUT2D eigenvalue weighted by molar-refractivity contribution is 6.04. The number of carbonyl (C=O) groups excluding carboxylic acids is 3. The maximum absolute atomic E-state index is 13.0. The summed E-state index contributed by atoms with van der Waals surface area (Å²) in [6.07, 6.45) is 0.290. The number of nitrogens with zero attached hydrogens (tertiary/aromatic N) is 3. The highest BCUT2D eigenvalue weighted by Crippen LogP contribution is 2.30. The van der Waals surface area contributed by atoms with Gasteiger partial charge in [-0.2, -0.15) is 0 Å². The summed E-state index contributed by atoms with van der Waals surface area (Å²) in [6, 6.07) is 6.99. The predicted molar refractivity (Wildman–Crippen MR) is 105 cm³/mol. The van der Waals surface area contributed by atoms with E-state index in [9.17, 15) is 14.4 Å². The van der Waals surface area contributed by atoms with Crippen LogP contribution in [0.5, 0.6) is 0 Å². The van der Waals surface area contributed by atoms with Crippen LogP contribution in [-0.2, 0) is 20.7 Å². The second-order valence-electron chi connectivity index (χ2n) is 8.51. The molecule has 0 bridgehead atoms. The van der Waals surface area contributed by atoms with E-state index in [4.69, 9.17) is 4.74 Å². The summed E-state index contributed by atoms with van der Waals surface area (Å²) in [7, 11) is 1.54. The van der Waals surface area contributed by atoms with Crippen LogP contribution in [0, 0.1) is 12.3 Å². The SMILES string of the molecule is COCCN1C(=O)C2CN(C(=O)Cc3ccc(C)cc3)CC(C)(C)CN2C1=O. The van der Waals surface area contributed by atoms with E-state index in [1.807, 2.05) is 45.0 Å². The molecule has 1 atom stereocenters. The van der Waals surface area contributed by atoms with Gasteiger partial charge in [0.1, 0.15) is 6.04 Å². The molecule has 0 N–H and O–H groups in total. The third-order valence-electron chi connectivity index (χ3n) is 5.36. The van der Waals surface area contributed by atoms with Crippen LogP contribution >= 0.6 is 0 Å². The van der Waals surface area contributed by atoms with Gasteiger partial charge < -0.3 is 14.5 Å². The topological polar surface area (TPSA) is 70.2 Å². The van der Waals surface area contributed by atoms with Crippen molar-refractivity contribution in [1.29, 1.82) is 0 Å². The highest BCUT2D eigenvalue weighted by atomic mass is 16.5. The van der Waals surface area contributed by atoms with Crippen LogP contribution in [0.25, 0.3) is 0 Å². The molecule has 2 aliphatic rings. The first-order valence-electron chi connectivity index (χ1n) is 9.66. The van der Waals surface area contributed by atoms with Gasteiger partial charge in [-0.05, 0) is 12.5 Å². The van der Waals surface area contributed by atoms with Gasteiger partial charge in [0.05, 0.1) is 26.1 Å². The lowest BCUT2D eigenvalue weighted by Crippen LogP contribution is -2.44. The fourth-order valence-corrected chi connectivity index (χ4v) is 3.92. The molecule has 2 saturated heterocycles. The fourth-order valence-electron chi connectivity index (χ4n) is 3.92. The van der Waals surface area contributed by atoms with Crippen molar-refractivity contribution in [2.24, 2.45) is 5.41 Å². The summed E-state index contributed by atoms with van der Waals surface area (Å²) in [4.78, 5) is 43.2. The molecule has 1 unspecified atom stereocenters. The van der Waals surface area contributed by atoms with E-state index in [1.54, 1.807) is 9.80 Å². The first-order chi connectivity index (χ1) is 13.2. The normalized spacial score (nSPS) is 21.7. The summed E-state index contributed by atoms with van der Waals surface area (Å²) < 4.78 is 5.02. The Morgan fingerprint density at radius 1 is 1.18 bits per heavy atom. The number of methoxy groups -OCH3 is 1. The fraction of sp³-hybridized carbons (Fsp3) is 0.571.